The van der Waals surface area contributed by atoms with E-state index in [0.717, 1.165) is 36.3 Å². The normalized spacial score (nSPS) is 11.9. The van der Waals surface area contributed by atoms with E-state index in [1.807, 2.05) is 13.8 Å². The number of benzene rings is 4. The maximum absolute atomic E-state index is 5.08. The molecule has 0 atom stereocenters. The van der Waals surface area contributed by atoms with Gasteiger partial charge in [-0.25, -0.2) is 10.6 Å². The van der Waals surface area contributed by atoms with Gasteiger partial charge < -0.3 is 14.7 Å². The zero-order valence-corrected chi connectivity index (χ0v) is 41.3. The predicted molar refractivity (Wildman–Crippen MR) is 247 cm³/mol. The average Bonchev–Trinajstić information content (AvgIpc) is 3.01. The number of nitrogens with zero attached hydrogens (tertiary/aromatic N) is 2. The Hall–Kier alpha value is -2.96. The summed E-state index contributed by atoms with van der Waals surface area (Å²) in [5, 5.41) is 10.2. The summed E-state index contributed by atoms with van der Waals surface area (Å²) in [7, 11) is 0. The fraction of sp³-hybridized carbons (Fsp3) is 0.480. The number of aryl methyl sites for hydroxylation is 12. The third kappa shape index (κ3) is 15.4. The van der Waals surface area contributed by atoms with Crippen LogP contribution in [0.25, 0.3) is 10.6 Å². The van der Waals surface area contributed by atoms with Crippen LogP contribution in [0, 0.1) is 93.9 Å². The minimum atomic E-state index is -0.0759. The predicted octanol–water partition coefficient (Wildman–Crippen LogP) is 11.5. The molecule has 0 aromatic heterocycles. The third-order valence-corrected chi connectivity index (χ3v) is 9.39. The molecule has 5 nitrogen and oxygen atoms in total. The van der Waals surface area contributed by atoms with Crippen molar-refractivity contribution in [3.05, 3.63) is 126 Å². The molecule has 0 aliphatic heterocycles. The van der Waals surface area contributed by atoms with Crippen LogP contribution in [-0.2, 0) is 4.74 Å². The van der Waals surface area contributed by atoms with Crippen molar-refractivity contribution in [2.45, 2.75) is 138 Å². The molecular weight excluding hydrogens is 713 g/mol. The summed E-state index contributed by atoms with van der Waals surface area (Å²) in [5.74, 6) is 2.00. The first kappa shape index (κ1) is 51.1. The first-order valence-corrected chi connectivity index (χ1v) is 20.0. The molecule has 4 rings (SSSR count). The summed E-state index contributed by atoms with van der Waals surface area (Å²) in [6.45, 7) is 44.6. The van der Waals surface area contributed by atoms with E-state index in [4.69, 9.17) is 15.4 Å². The Balaban J connectivity index is 0.000000492. The maximum Gasteiger partial charge on any atom is 2.00 e. The van der Waals surface area contributed by atoms with Crippen LogP contribution < -0.4 is 9.98 Å². The molecule has 0 saturated carbocycles. The molecule has 4 aromatic rings. The van der Waals surface area contributed by atoms with Gasteiger partial charge in [0.1, 0.15) is 11.7 Å². The number of hydrogen-bond acceptors (Lipinski definition) is 1. The molecule has 2 N–H and O–H groups in total. The van der Waals surface area contributed by atoms with E-state index in [0.29, 0.717) is 0 Å². The van der Waals surface area contributed by atoms with Crippen molar-refractivity contribution < 1.29 is 14.7 Å². The van der Waals surface area contributed by atoms with Gasteiger partial charge in [0.15, 0.2) is 0 Å². The molecule has 0 bridgehead atoms. The molecule has 56 heavy (non-hydrogen) atoms. The summed E-state index contributed by atoms with van der Waals surface area (Å²) in [6, 6.07) is 17.7. The molecule has 6 heteroatoms. The maximum atomic E-state index is 5.08. The fourth-order valence-corrected chi connectivity index (χ4v) is 6.88. The van der Waals surface area contributed by atoms with Crippen molar-refractivity contribution in [3.8, 4) is 0 Å². The van der Waals surface area contributed by atoms with Crippen molar-refractivity contribution >= 4 is 72.2 Å². The van der Waals surface area contributed by atoms with Crippen LogP contribution in [0.15, 0.2) is 48.5 Å². The Labute approximate surface area is 372 Å². The van der Waals surface area contributed by atoms with Crippen LogP contribution in [0.2, 0.25) is 0 Å². The Morgan fingerprint density at radius 3 is 0.821 bits per heavy atom. The molecule has 0 saturated heterocycles. The largest absolute Gasteiger partial charge is 2.00 e. The van der Waals surface area contributed by atoms with Gasteiger partial charge in [0.25, 0.3) is 0 Å². The molecule has 0 aliphatic rings. The molecular formula is C50H74CaN4O+2. The summed E-state index contributed by atoms with van der Waals surface area (Å²) in [6.07, 6.45) is 0. The van der Waals surface area contributed by atoms with Crippen LogP contribution in [0.1, 0.15) is 122 Å². The Bertz CT molecular complexity index is 1750. The summed E-state index contributed by atoms with van der Waals surface area (Å²) >= 11 is 0. The van der Waals surface area contributed by atoms with Gasteiger partial charge in [-0.3, -0.25) is 0 Å². The number of rotatable bonds is 6. The van der Waals surface area contributed by atoms with E-state index in [-0.39, 0.29) is 48.6 Å². The zero-order valence-electron chi connectivity index (χ0n) is 39.0. The third-order valence-electron chi connectivity index (χ3n) is 9.39. The van der Waals surface area contributed by atoms with Crippen molar-refractivity contribution in [2.75, 3.05) is 13.2 Å². The molecule has 4 aromatic carbocycles. The van der Waals surface area contributed by atoms with Gasteiger partial charge in [-0.1, -0.05) is 112 Å². The van der Waals surface area contributed by atoms with E-state index in [2.05, 4.69) is 183 Å². The van der Waals surface area contributed by atoms with Gasteiger partial charge in [0.05, 0.1) is 11.4 Å². The quantitative estimate of drug-likeness (QED) is 0.114. The van der Waals surface area contributed by atoms with Gasteiger partial charge in [0, 0.05) is 35.4 Å². The Morgan fingerprint density at radius 2 is 0.643 bits per heavy atom. The molecule has 0 fully saturated rings. The van der Waals surface area contributed by atoms with E-state index in [1.54, 1.807) is 0 Å². The van der Waals surface area contributed by atoms with Crippen LogP contribution in [0.4, 0.5) is 22.7 Å². The first-order valence-electron chi connectivity index (χ1n) is 20.0. The van der Waals surface area contributed by atoms with Crippen molar-refractivity contribution in [1.29, 1.82) is 0 Å². The molecule has 0 aliphatic carbocycles. The minimum absolute atomic E-state index is 0. The topological polar surface area (TPSA) is 65.4 Å². The molecule has 0 heterocycles. The molecule has 0 radical (unpaired) electrons. The van der Waals surface area contributed by atoms with Crippen molar-refractivity contribution in [1.82, 2.24) is 0 Å². The fourth-order valence-electron chi connectivity index (χ4n) is 6.88. The van der Waals surface area contributed by atoms with Gasteiger partial charge in [-0.05, 0) is 141 Å². The average molecular weight is 787 g/mol. The summed E-state index contributed by atoms with van der Waals surface area (Å²) in [4.78, 5) is 7.30. The molecule has 0 unspecified atom stereocenters. The van der Waals surface area contributed by atoms with Crippen LogP contribution in [-0.4, -0.2) is 62.6 Å². The van der Waals surface area contributed by atoms with E-state index >= 15 is 0 Å². The second kappa shape index (κ2) is 22.3. The van der Waals surface area contributed by atoms with E-state index in [1.165, 1.54) is 78.1 Å². The van der Waals surface area contributed by atoms with Crippen molar-refractivity contribution in [2.24, 2.45) is 10.8 Å². The molecule has 0 amide bonds. The van der Waals surface area contributed by atoms with Crippen LogP contribution in [0.5, 0.6) is 0 Å². The monoisotopic (exact) mass is 787 g/mol. The van der Waals surface area contributed by atoms with Crippen molar-refractivity contribution in [3.63, 3.8) is 0 Å². The smallest absolute Gasteiger partial charge is 0.382 e. The minimum Gasteiger partial charge on any atom is -0.382 e. The van der Waals surface area contributed by atoms with Gasteiger partial charge in [-0.15, -0.1) is 0 Å². The number of nitrogens with one attached hydrogen (secondary N) is 2. The first-order chi connectivity index (χ1) is 25.4. The van der Waals surface area contributed by atoms with Gasteiger partial charge in [0.2, 0.25) is 0 Å². The number of hydrogen-bond donors (Lipinski definition) is 2. The van der Waals surface area contributed by atoms with Crippen LogP contribution >= 0.6 is 0 Å². The SMILES string of the molecule is CCOCC.Cc1cc(C)c([N-]C(=[NH+]c2c(C)cc(C)cc2C)C(C)(C)C)c(C)c1.Cc1cc(C)c([N-]C(=[NH+]c2c(C)cc(C)cc2C)C(C)(C)C)c(C)c1.[Ca+2]. The second-order valence-corrected chi connectivity index (χ2v) is 17.5. The van der Waals surface area contributed by atoms with Gasteiger partial charge in [-0.2, -0.15) is 0 Å². The molecule has 0 spiro atoms. The second-order valence-electron chi connectivity index (χ2n) is 17.5. The Morgan fingerprint density at radius 1 is 0.429 bits per heavy atom. The summed E-state index contributed by atoms with van der Waals surface area (Å²) < 4.78 is 4.83. The van der Waals surface area contributed by atoms with Gasteiger partial charge >= 0.3 is 37.7 Å². The molecule has 300 valence electrons. The number of ether oxygens (including phenoxy) is 1. The van der Waals surface area contributed by atoms with E-state index < -0.39 is 0 Å². The zero-order chi connectivity index (χ0) is 42.0. The standard InChI is InChI=1S/2C23H31N2.C4H10O.Ca/c2*1-14-10-16(3)20(17(4)11-14)24-22(23(7,8)9)25-21-18(5)12-15(2)13-19(21)6;1-3-5-4-2;/h2*10-13H,1-9H3;3-4H2,1-2H3;/q2*-1;;+2/p+2. The Kier molecular flexibility index (Phi) is 20.3. The van der Waals surface area contributed by atoms with Crippen LogP contribution in [0.3, 0.4) is 0 Å². The van der Waals surface area contributed by atoms with E-state index in [9.17, 15) is 0 Å². The number of amidine groups is 2. The summed E-state index contributed by atoms with van der Waals surface area (Å²) in [5.41, 5.74) is 19.4.